The Morgan fingerprint density at radius 1 is 1.00 bits per heavy atom. The van der Waals surface area contributed by atoms with Crippen LogP contribution in [0.3, 0.4) is 0 Å². The second-order valence-corrected chi connectivity index (χ2v) is 5.45. The van der Waals surface area contributed by atoms with Gasteiger partial charge in [0.25, 0.3) is 0 Å². The lowest BCUT2D eigenvalue weighted by Gasteiger charge is -2.19. The standard InChI is InChI=1S/C17H20F2N2/c1-10-4-5-11(2)13(8-10)9-15(21-20)14-7-6-12(3)16(18)17(14)19/h4-8,15,21H,9,20H2,1-3H3. The van der Waals surface area contributed by atoms with Gasteiger partial charge in [-0.1, -0.05) is 35.9 Å². The van der Waals surface area contributed by atoms with E-state index < -0.39 is 17.7 Å². The van der Waals surface area contributed by atoms with Crippen LogP contribution in [0.1, 0.15) is 33.9 Å². The highest BCUT2D eigenvalue weighted by molar-refractivity contribution is 5.34. The van der Waals surface area contributed by atoms with E-state index in [0.29, 0.717) is 12.0 Å². The minimum absolute atomic E-state index is 0.251. The Bertz CT molecular complexity index is 653. The molecule has 2 aromatic carbocycles. The topological polar surface area (TPSA) is 38.0 Å². The van der Waals surface area contributed by atoms with Gasteiger partial charge in [-0.05, 0) is 43.9 Å². The van der Waals surface area contributed by atoms with Crippen molar-refractivity contribution in [3.8, 4) is 0 Å². The van der Waals surface area contributed by atoms with Crippen LogP contribution in [-0.2, 0) is 6.42 Å². The summed E-state index contributed by atoms with van der Waals surface area (Å²) in [5.41, 5.74) is 6.44. The molecular weight excluding hydrogens is 270 g/mol. The molecule has 0 fully saturated rings. The minimum Gasteiger partial charge on any atom is -0.271 e. The summed E-state index contributed by atoms with van der Waals surface area (Å²) in [6.45, 7) is 5.53. The van der Waals surface area contributed by atoms with Crippen LogP contribution in [0.5, 0.6) is 0 Å². The Labute approximate surface area is 124 Å². The van der Waals surface area contributed by atoms with Gasteiger partial charge in [0.05, 0.1) is 6.04 Å². The Kier molecular flexibility index (Phi) is 4.70. The molecule has 21 heavy (non-hydrogen) atoms. The predicted octanol–water partition coefficient (Wildman–Crippen LogP) is 3.64. The molecule has 0 radical (unpaired) electrons. The fraction of sp³-hybridized carbons (Fsp3) is 0.294. The van der Waals surface area contributed by atoms with Crippen LogP contribution < -0.4 is 11.3 Å². The summed E-state index contributed by atoms with van der Waals surface area (Å²) in [4.78, 5) is 0. The van der Waals surface area contributed by atoms with E-state index in [1.54, 1.807) is 12.1 Å². The molecular formula is C17H20F2N2. The molecule has 3 N–H and O–H groups in total. The molecule has 0 spiro atoms. The summed E-state index contributed by atoms with van der Waals surface area (Å²) >= 11 is 0. The third kappa shape index (κ3) is 3.28. The first-order chi connectivity index (χ1) is 9.93. The van der Waals surface area contributed by atoms with Crippen LogP contribution >= 0.6 is 0 Å². The van der Waals surface area contributed by atoms with Crippen molar-refractivity contribution in [3.05, 3.63) is 69.8 Å². The maximum absolute atomic E-state index is 14.1. The molecule has 0 aliphatic rings. The number of nitrogens with two attached hydrogens (primary N) is 1. The fourth-order valence-electron chi connectivity index (χ4n) is 2.43. The van der Waals surface area contributed by atoms with E-state index in [0.717, 1.165) is 16.7 Å². The van der Waals surface area contributed by atoms with Gasteiger partial charge in [-0.15, -0.1) is 0 Å². The van der Waals surface area contributed by atoms with Gasteiger partial charge in [0, 0.05) is 5.56 Å². The maximum atomic E-state index is 14.1. The van der Waals surface area contributed by atoms with Gasteiger partial charge in [0.15, 0.2) is 11.6 Å². The van der Waals surface area contributed by atoms with E-state index in [2.05, 4.69) is 5.43 Å². The number of rotatable bonds is 4. The number of nitrogens with one attached hydrogen (secondary N) is 1. The van der Waals surface area contributed by atoms with Crippen molar-refractivity contribution in [2.45, 2.75) is 33.2 Å². The SMILES string of the molecule is Cc1ccc(C)c(CC(NN)c2ccc(C)c(F)c2F)c1. The summed E-state index contributed by atoms with van der Waals surface area (Å²) < 4.78 is 27.8. The molecule has 0 aliphatic heterocycles. The highest BCUT2D eigenvalue weighted by Gasteiger charge is 2.19. The predicted molar refractivity (Wildman–Crippen MR) is 80.8 cm³/mol. The van der Waals surface area contributed by atoms with Gasteiger partial charge in [0.1, 0.15) is 0 Å². The van der Waals surface area contributed by atoms with Crippen molar-refractivity contribution < 1.29 is 8.78 Å². The first kappa shape index (κ1) is 15.6. The van der Waals surface area contributed by atoms with Crippen molar-refractivity contribution in [2.24, 2.45) is 5.84 Å². The van der Waals surface area contributed by atoms with E-state index in [1.807, 2.05) is 32.0 Å². The fourth-order valence-corrected chi connectivity index (χ4v) is 2.43. The first-order valence-electron chi connectivity index (χ1n) is 6.90. The monoisotopic (exact) mass is 290 g/mol. The molecule has 0 aromatic heterocycles. The zero-order chi connectivity index (χ0) is 15.6. The molecule has 2 rings (SSSR count). The number of hydrazine groups is 1. The third-order valence-corrected chi connectivity index (χ3v) is 3.81. The Balaban J connectivity index is 2.37. The number of benzene rings is 2. The average molecular weight is 290 g/mol. The van der Waals surface area contributed by atoms with Crippen LogP contribution in [0, 0.1) is 32.4 Å². The maximum Gasteiger partial charge on any atom is 0.163 e. The Morgan fingerprint density at radius 3 is 2.33 bits per heavy atom. The lowest BCUT2D eigenvalue weighted by Crippen LogP contribution is -2.30. The van der Waals surface area contributed by atoms with Crippen molar-refractivity contribution >= 4 is 0 Å². The van der Waals surface area contributed by atoms with E-state index in [9.17, 15) is 8.78 Å². The molecule has 0 saturated carbocycles. The zero-order valence-electron chi connectivity index (χ0n) is 12.5. The largest absolute Gasteiger partial charge is 0.271 e. The van der Waals surface area contributed by atoms with Crippen LogP contribution in [0.4, 0.5) is 8.78 Å². The molecule has 0 saturated heterocycles. The van der Waals surface area contributed by atoms with E-state index >= 15 is 0 Å². The molecule has 112 valence electrons. The zero-order valence-corrected chi connectivity index (χ0v) is 12.5. The Morgan fingerprint density at radius 2 is 1.67 bits per heavy atom. The second kappa shape index (κ2) is 6.33. The molecule has 0 amide bonds. The molecule has 1 unspecified atom stereocenters. The van der Waals surface area contributed by atoms with Gasteiger partial charge in [0.2, 0.25) is 0 Å². The minimum atomic E-state index is -0.830. The van der Waals surface area contributed by atoms with E-state index in [1.165, 1.54) is 6.92 Å². The molecule has 4 heteroatoms. The highest BCUT2D eigenvalue weighted by Crippen LogP contribution is 2.25. The van der Waals surface area contributed by atoms with Gasteiger partial charge in [-0.2, -0.15) is 0 Å². The molecule has 0 bridgehead atoms. The lowest BCUT2D eigenvalue weighted by molar-refractivity contribution is 0.460. The molecule has 1 atom stereocenters. The van der Waals surface area contributed by atoms with Gasteiger partial charge in [-0.25, -0.2) is 8.78 Å². The van der Waals surface area contributed by atoms with Crippen molar-refractivity contribution in [1.82, 2.24) is 5.43 Å². The second-order valence-electron chi connectivity index (χ2n) is 5.45. The number of aryl methyl sites for hydroxylation is 3. The number of hydrogen-bond donors (Lipinski definition) is 2. The summed E-state index contributed by atoms with van der Waals surface area (Å²) in [5.74, 6) is 3.92. The summed E-state index contributed by atoms with van der Waals surface area (Å²) in [6, 6.07) is 8.77. The van der Waals surface area contributed by atoms with Crippen molar-refractivity contribution in [3.63, 3.8) is 0 Å². The van der Waals surface area contributed by atoms with Crippen LogP contribution in [0.2, 0.25) is 0 Å². The van der Waals surface area contributed by atoms with E-state index in [-0.39, 0.29) is 5.56 Å². The van der Waals surface area contributed by atoms with E-state index in [4.69, 9.17) is 5.84 Å². The summed E-state index contributed by atoms with van der Waals surface area (Å²) in [5, 5.41) is 0. The lowest BCUT2D eigenvalue weighted by atomic mass is 9.94. The normalized spacial score (nSPS) is 12.5. The third-order valence-electron chi connectivity index (χ3n) is 3.81. The number of halogens is 2. The van der Waals surface area contributed by atoms with Crippen LogP contribution in [-0.4, -0.2) is 0 Å². The Hall–Kier alpha value is -1.78. The summed E-state index contributed by atoms with van der Waals surface area (Å²) in [6.07, 6.45) is 0.503. The quantitative estimate of drug-likeness (QED) is 0.666. The van der Waals surface area contributed by atoms with Gasteiger partial charge >= 0.3 is 0 Å². The number of hydrogen-bond acceptors (Lipinski definition) is 2. The molecule has 2 aromatic rings. The van der Waals surface area contributed by atoms with Gasteiger partial charge in [-0.3, -0.25) is 11.3 Å². The molecule has 0 heterocycles. The smallest absolute Gasteiger partial charge is 0.163 e. The molecule has 2 nitrogen and oxygen atoms in total. The average Bonchev–Trinajstić information content (AvgIpc) is 2.46. The van der Waals surface area contributed by atoms with Gasteiger partial charge < -0.3 is 0 Å². The highest BCUT2D eigenvalue weighted by atomic mass is 19.2. The summed E-state index contributed by atoms with van der Waals surface area (Å²) in [7, 11) is 0. The van der Waals surface area contributed by atoms with Crippen molar-refractivity contribution in [2.75, 3.05) is 0 Å². The molecule has 0 aliphatic carbocycles. The first-order valence-corrected chi connectivity index (χ1v) is 6.90. The van der Waals surface area contributed by atoms with Crippen LogP contribution in [0.15, 0.2) is 30.3 Å². The van der Waals surface area contributed by atoms with Crippen molar-refractivity contribution in [1.29, 1.82) is 0 Å². The van der Waals surface area contributed by atoms with Crippen LogP contribution in [0.25, 0.3) is 0 Å².